The highest BCUT2D eigenvalue weighted by atomic mass is 32.2. The zero-order valence-electron chi connectivity index (χ0n) is 18.8. The van der Waals surface area contributed by atoms with Crippen LogP contribution in [0.3, 0.4) is 0 Å². The van der Waals surface area contributed by atoms with Crippen molar-refractivity contribution < 1.29 is 4.79 Å². The molecular weight excluding hydrogens is 462 g/mol. The number of nitrogens with zero attached hydrogens (tertiary/aromatic N) is 3. The van der Waals surface area contributed by atoms with Gasteiger partial charge in [-0.25, -0.2) is 4.98 Å². The van der Waals surface area contributed by atoms with Gasteiger partial charge in [-0.3, -0.25) is 14.2 Å². The summed E-state index contributed by atoms with van der Waals surface area (Å²) < 4.78 is 1.77. The van der Waals surface area contributed by atoms with E-state index < -0.39 is 0 Å². The molecule has 172 valence electrons. The van der Waals surface area contributed by atoms with Crippen molar-refractivity contribution in [3.63, 3.8) is 0 Å². The molecule has 2 aromatic carbocycles. The van der Waals surface area contributed by atoms with Gasteiger partial charge in [0.25, 0.3) is 5.56 Å². The number of amides is 1. The number of thioether (sulfide) groups is 1. The Morgan fingerprint density at radius 3 is 2.65 bits per heavy atom. The highest BCUT2D eigenvalue weighted by molar-refractivity contribution is 7.99. The average molecular weight is 488 g/mol. The Morgan fingerprint density at radius 2 is 1.79 bits per heavy atom. The van der Waals surface area contributed by atoms with Crippen molar-refractivity contribution in [2.24, 2.45) is 0 Å². The summed E-state index contributed by atoms with van der Waals surface area (Å²) in [7, 11) is 0. The first-order valence-electron chi connectivity index (χ1n) is 11.7. The molecule has 3 heterocycles. The van der Waals surface area contributed by atoms with Crippen molar-refractivity contribution in [1.82, 2.24) is 14.5 Å². The molecule has 0 bridgehead atoms. The Balaban J connectivity index is 1.30. The molecular formula is C27H25N3O2S2. The maximum Gasteiger partial charge on any atom is 0.263 e. The number of aromatic nitrogens is 2. The van der Waals surface area contributed by atoms with Crippen LogP contribution in [0.4, 0.5) is 0 Å². The molecule has 2 aromatic heterocycles. The summed E-state index contributed by atoms with van der Waals surface area (Å²) >= 11 is 3.04. The topological polar surface area (TPSA) is 55.2 Å². The molecule has 0 spiro atoms. The lowest BCUT2D eigenvalue weighted by Gasteiger charge is -2.28. The number of carbonyl (C=O) groups excluding carboxylic acids is 1. The van der Waals surface area contributed by atoms with Crippen LogP contribution in [-0.2, 0) is 37.1 Å². The van der Waals surface area contributed by atoms with Crippen LogP contribution in [0.2, 0.25) is 0 Å². The Morgan fingerprint density at radius 1 is 1.00 bits per heavy atom. The van der Waals surface area contributed by atoms with Crippen molar-refractivity contribution in [1.29, 1.82) is 0 Å². The molecule has 6 rings (SSSR count). The second-order valence-corrected chi connectivity index (χ2v) is 11.0. The summed E-state index contributed by atoms with van der Waals surface area (Å²) in [6.07, 6.45) is 3.99. The van der Waals surface area contributed by atoms with E-state index in [2.05, 4.69) is 18.2 Å². The molecule has 0 unspecified atom stereocenters. The van der Waals surface area contributed by atoms with Gasteiger partial charge in [-0.05, 0) is 47.9 Å². The highest BCUT2D eigenvalue weighted by Gasteiger charge is 2.25. The van der Waals surface area contributed by atoms with Gasteiger partial charge in [-0.15, -0.1) is 11.3 Å². The van der Waals surface area contributed by atoms with E-state index in [1.165, 1.54) is 33.3 Å². The fourth-order valence-corrected chi connectivity index (χ4v) is 7.20. The molecule has 0 radical (unpaired) electrons. The molecule has 7 heteroatoms. The van der Waals surface area contributed by atoms with E-state index in [1.807, 2.05) is 41.3 Å². The minimum absolute atomic E-state index is 0.0232. The molecule has 2 aliphatic rings. The fourth-order valence-electron chi connectivity index (χ4n) is 5.00. The lowest BCUT2D eigenvalue weighted by atomic mass is 10.00. The predicted octanol–water partition coefficient (Wildman–Crippen LogP) is 4.67. The number of hydrogen-bond donors (Lipinski definition) is 0. The van der Waals surface area contributed by atoms with E-state index in [4.69, 9.17) is 4.98 Å². The first-order chi connectivity index (χ1) is 16.7. The number of carbonyl (C=O) groups is 1. The lowest BCUT2D eigenvalue weighted by molar-refractivity contribution is -0.129. The van der Waals surface area contributed by atoms with Gasteiger partial charge in [0.05, 0.1) is 17.7 Å². The molecule has 0 fully saturated rings. The quantitative estimate of drug-likeness (QED) is 0.303. The fraction of sp³-hybridized carbons (Fsp3) is 0.296. The summed E-state index contributed by atoms with van der Waals surface area (Å²) in [6.45, 7) is 1.84. The third kappa shape index (κ3) is 3.97. The van der Waals surface area contributed by atoms with E-state index in [0.717, 1.165) is 48.0 Å². The molecule has 0 saturated heterocycles. The minimum Gasteiger partial charge on any atom is -0.337 e. The second kappa shape index (κ2) is 9.04. The average Bonchev–Trinajstić information content (AvgIpc) is 3.46. The standard InChI is InChI=1S/C27H25N3O2S2/c31-23(29-14-13-19-9-4-5-10-20(19)16-29)17-33-27-28-25-24(21-11-6-12-22(21)34-25)26(32)30(27)15-18-7-2-1-3-8-18/h1-5,7-10H,6,11-17H2. The van der Waals surface area contributed by atoms with E-state index in [-0.39, 0.29) is 17.2 Å². The monoisotopic (exact) mass is 487 g/mol. The SMILES string of the molecule is O=C(CSc1nc2sc3c(c2c(=O)n1Cc1ccccc1)CCC3)N1CCc2ccccc2C1. The van der Waals surface area contributed by atoms with Gasteiger partial charge in [0.2, 0.25) is 5.91 Å². The van der Waals surface area contributed by atoms with E-state index in [9.17, 15) is 9.59 Å². The van der Waals surface area contributed by atoms with Gasteiger partial charge in [-0.1, -0.05) is 66.4 Å². The zero-order chi connectivity index (χ0) is 23.1. The molecule has 4 aromatic rings. The number of rotatable bonds is 5. The van der Waals surface area contributed by atoms with Crippen LogP contribution in [0.15, 0.2) is 64.5 Å². The Kier molecular flexibility index (Phi) is 5.75. The van der Waals surface area contributed by atoms with Gasteiger partial charge >= 0.3 is 0 Å². The summed E-state index contributed by atoms with van der Waals surface area (Å²) in [6, 6.07) is 18.3. The third-order valence-electron chi connectivity index (χ3n) is 6.78. The molecule has 1 aliphatic heterocycles. The molecule has 1 amide bonds. The van der Waals surface area contributed by atoms with E-state index in [1.54, 1.807) is 15.9 Å². The van der Waals surface area contributed by atoms with Crippen molar-refractivity contribution >= 4 is 39.2 Å². The molecule has 1 aliphatic carbocycles. The summed E-state index contributed by atoms with van der Waals surface area (Å²) in [5.74, 6) is 0.369. The van der Waals surface area contributed by atoms with Crippen molar-refractivity contribution in [2.75, 3.05) is 12.3 Å². The van der Waals surface area contributed by atoms with Crippen LogP contribution in [0.25, 0.3) is 10.2 Å². The Labute approximate surface area is 206 Å². The van der Waals surface area contributed by atoms with Crippen LogP contribution in [0, 0.1) is 0 Å². The minimum atomic E-state index is 0.0232. The van der Waals surface area contributed by atoms with Gasteiger partial charge in [0.15, 0.2) is 5.16 Å². The number of fused-ring (bicyclic) bond motifs is 4. The van der Waals surface area contributed by atoms with Crippen LogP contribution < -0.4 is 5.56 Å². The summed E-state index contributed by atoms with van der Waals surface area (Å²) in [5, 5.41) is 1.42. The van der Waals surface area contributed by atoms with Crippen LogP contribution in [0.1, 0.15) is 33.6 Å². The molecule has 0 atom stereocenters. The largest absolute Gasteiger partial charge is 0.337 e. The number of aryl methyl sites for hydroxylation is 2. The highest BCUT2D eigenvalue weighted by Crippen LogP contribution is 2.35. The third-order valence-corrected chi connectivity index (χ3v) is 8.93. The maximum absolute atomic E-state index is 13.7. The van der Waals surface area contributed by atoms with E-state index >= 15 is 0 Å². The van der Waals surface area contributed by atoms with Gasteiger partial charge in [0, 0.05) is 18.0 Å². The van der Waals surface area contributed by atoms with E-state index in [0.29, 0.717) is 18.2 Å². The normalized spacial score (nSPS) is 14.9. The van der Waals surface area contributed by atoms with Gasteiger partial charge in [-0.2, -0.15) is 0 Å². The first kappa shape index (κ1) is 21.6. The molecule has 0 saturated carbocycles. The van der Waals surface area contributed by atoms with Crippen LogP contribution in [-0.4, -0.2) is 32.7 Å². The molecule has 0 N–H and O–H groups in total. The van der Waals surface area contributed by atoms with Gasteiger partial charge < -0.3 is 4.90 Å². The van der Waals surface area contributed by atoms with Crippen molar-refractivity contribution in [2.45, 2.75) is 43.9 Å². The number of benzene rings is 2. The van der Waals surface area contributed by atoms with Crippen molar-refractivity contribution in [3.05, 3.63) is 92.1 Å². The van der Waals surface area contributed by atoms with Gasteiger partial charge in [0.1, 0.15) is 4.83 Å². The van der Waals surface area contributed by atoms with Crippen molar-refractivity contribution in [3.8, 4) is 0 Å². The molecule has 34 heavy (non-hydrogen) atoms. The number of hydrogen-bond acceptors (Lipinski definition) is 5. The smallest absolute Gasteiger partial charge is 0.263 e. The zero-order valence-corrected chi connectivity index (χ0v) is 20.5. The Bertz CT molecular complexity index is 1440. The molecule has 5 nitrogen and oxygen atoms in total. The Hall–Kier alpha value is -2.90. The number of thiophene rings is 1. The first-order valence-corrected chi connectivity index (χ1v) is 13.5. The van der Waals surface area contributed by atoms with Crippen LogP contribution in [0.5, 0.6) is 0 Å². The predicted molar refractivity (Wildman–Crippen MR) is 138 cm³/mol. The lowest BCUT2D eigenvalue weighted by Crippen LogP contribution is -2.37. The maximum atomic E-state index is 13.7. The summed E-state index contributed by atoms with van der Waals surface area (Å²) in [5.41, 5.74) is 4.82. The summed E-state index contributed by atoms with van der Waals surface area (Å²) in [4.78, 5) is 35.8. The van der Waals surface area contributed by atoms with Crippen LogP contribution >= 0.6 is 23.1 Å². The second-order valence-electron chi connectivity index (χ2n) is 8.93.